The topological polar surface area (TPSA) is 21.8 Å². The van der Waals surface area contributed by atoms with Crippen molar-refractivity contribution >= 4 is 0 Å². The van der Waals surface area contributed by atoms with Gasteiger partial charge in [-0.25, -0.2) is 13.2 Å². The lowest BCUT2D eigenvalue weighted by atomic mass is 9.82. The number of halogens is 3. The molecule has 1 atom stereocenters. The maximum absolute atomic E-state index is 14.3. The van der Waals surface area contributed by atoms with Crippen LogP contribution in [-0.4, -0.2) is 12.7 Å². The largest absolute Gasteiger partial charge is 0.373 e. The molecule has 0 spiro atoms. The lowest BCUT2D eigenvalue weighted by Gasteiger charge is -2.29. The van der Waals surface area contributed by atoms with Crippen LogP contribution in [0.15, 0.2) is 30.3 Å². The van der Waals surface area contributed by atoms with Gasteiger partial charge < -0.3 is 9.47 Å². The molecule has 4 rings (SSSR count). The molecule has 2 aromatic carbocycles. The smallest absolute Gasteiger partial charge is 0.164 e. The van der Waals surface area contributed by atoms with Crippen molar-refractivity contribution in [2.75, 3.05) is 6.61 Å². The van der Waals surface area contributed by atoms with Gasteiger partial charge in [0.05, 0.1) is 19.3 Å². The van der Waals surface area contributed by atoms with Gasteiger partial charge in [0.15, 0.2) is 11.6 Å². The molecule has 2 aliphatic rings. The first-order valence-corrected chi connectivity index (χ1v) is 10.5. The van der Waals surface area contributed by atoms with Crippen molar-refractivity contribution in [3.8, 4) is 0 Å². The number of ether oxygens (including phenoxy) is 2. The maximum atomic E-state index is 14.3. The van der Waals surface area contributed by atoms with E-state index in [0.29, 0.717) is 30.1 Å². The number of hydrogen-bond acceptors (Lipinski definition) is 2. The Kier molecular flexibility index (Phi) is 6.26. The van der Waals surface area contributed by atoms with Crippen LogP contribution in [0.2, 0.25) is 0 Å². The molecule has 1 unspecified atom stereocenters. The molecule has 1 aliphatic heterocycles. The highest BCUT2D eigenvalue weighted by Crippen LogP contribution is 2.37. The predicted octanol–water partition coefficient (Wildman–Crippen LogP) is 6.37. The fraction of sp³-hybridized carbons (Fsp3) is 0.500. The van der Waals surface area contributed by atoms with Gasteiger partial charge in [-0.15, -0.1) is 0 Å². The summed E-state index contributed by atoms with van der Waals surface area (Å²) in [6.07, 6.45) is 4.71. The van der Waals surface area contributed by atoms with E-state index in [1.807, 2.05) is 19.1 Å². The SMILES string of the molecule is CCCc1ccc(COC2CCC(c3ccc(C4CO4)c(F)c3)CC2)c(F)c1F. The quantitative estimate of drug-likeness (QED) is 0.500. The minimum atomic E-state index is -0.792. The molecule has 29 heavy (non-hydrogen) atoms. The zero-order chi connectivity index (χ0) is 20.4. The number of hydrogen-bond donors (Lipinski definition) is 0. The summed E-state index contributed by atoms with van der Waals surface area (Å²) in [5.41, 5.74) is 2.35. The number of epoxide rings is 1. The summed E-state index contributed by atoms with van der Waals surface area (Å²) in [6.45, 7) is 2.62. The molecule has 0 radical (unpaired) electrons. The van der Waals surface area contributed by atoms with E-state index in [4.69, 9.17) is 9.47 Å². The van der Waals surface area contributed by atoms with Crippen LogP contribution >= 0.6 is 0 Å². The fourth-order valence-electron chi connectivity index (χ4n) is 4.26. The molecular weight excluding hydrogens is 377 g/mol. The number of benzene rings is 2. The van der Waals surface area contributed by atoms with Crippen molar-refractivity contribution in [1.82, 2.24) is 0 Å². The van der Waals surface area contributed by atoms with Crippen molar-refractivity contribution in [3.05, 3.63) is 70.0 Å². The summed E-state index contributed by atoms with van der Waals surface area (Å²) < 4.78 is 53.7. The summed E-state index contributed by atoms with van der Waals surface area (Å²) >= 11 is 0. The summed E-state index contributed by atoms with van der Waals surface area (Å²) in [7, 11) is 0. The second kappa shape index (κ2) is 8.88. The Balaban J connectivity index is 1.30. The van der Waals surface area contributed by atoms with E-state index in [2.05, 4.69) is 0 Å². The highest BCUT2D eigenvalue weighted by molar-refractivity contribution is 5.30. The maximum Gasteiger partial charge on any atom is 0.164 e. The average molecular weight is 404 g/mol. The molecule has 2 fully saturated rings. The standard InChI is InChI=1S/C24H27F3O2/c1-2-3-16-4-5-18(24(27)23(16)26)13-28-19-9-6-15(7-10-19)17-8-11-20(21(25)12-17)22-14-29-22/h4-5,8,11-12,15,19,22H,2-3,6-7,9-10,13-14H2,1H3. The first-order chi connectivity index (χ1) is 14.1. The summed E-state index contributed by atoms with van der Waals surface area (Å²) in [5.74, 6) is -1.42. The Hall–Kier alpha value is -1.85. The minimum Gasteiger partial charge on any atom is -0.373 e. The van der Waals surface area contributed by atoms with Crippen LogP contribution in [-0.2, 0) is 22.5 Å². The average Bonchev–Trinajstić information content (AvgIpc) is 3.56. The lowest BCUT2D eigenvalue weighted by molar-refractivity contribution is 0.0118. The van der Waals surface area contributed by atoms with Gasteiger partial charge in [0, 0.05) is 11.1 Å². The Morgan fingerprint density at radius 3 is 2.31 bits per heavy atom. The highest BCUT2D eigenvalue weighted by atomic mass is 19.2. The van der Waals surface area contributed by atoms with Crippen molar-refractivity contribution in [2.45, 2.75) is 70.2 Å². The van der Waals surface area contributed by atoms with E-state index in [-0.39, 0.29) is 30.2 Å². The van der Waals surface area contributed by atoms with Crippen LogP contribution in [0, 0.1) is 17.5 Å². The zero-order valence-corrected chi connectivity index (χ0v) is 16.7. The minimum absolute atomic E-state index is 0.0213. The van der Waals surface area contributed by atoms with Crippen molar-refractivity contribution in [2.24, 2.45) is 0 Å². The first-order valence-electron chi connectivity index (χ1n) is 10.5. The summed E-state index contributed by atoms with van der Waals surface area (Å²) in [5, 5.41) is 0. The van der Waals surface area contributed by atoms with Gasteiger partial charge >= 0.3 is 0 Å². The van der Waals surface area contributed by atoms with Gasteiger partial charge in [-0.05, 0) is 55.2 Å². The molecule has 1 saturated carbocycles. The van der Waals surface area contributed by atoms with E-state index in [1.165, 1.54) is 0 Å². The molecule has 2 aromatic rings. The third-order valence-corrected chi connectivity index (χ3v) is 6.09. The van der Waals surface area contributed by atoms with E-state index >= 15 is 0 Å². The van der Waals surface area contributed by atoms with Gasteiger partial charge in [0.1, 0.15) is 11.9 Å². The van der Waals surface area contributed by atoms with Crippen molar-refractivity contribution in [1.29, 1.82) is 0 Å². The second-order valence-electron chi connectivity index (χ2n) is 8.15. The lowest BCUT2D eigenvalue weighted by Crippen LogP contribution is -2.21. The molecule has 0 aromatic heterocycles. The summed E-state index contributed by atoms with van der Waals surface area (Å²) in [4.78, 5) is 0. The van der Waals surface area contributed by atoms with Gasteiger partial charge in [-0.3, -0.25) is 0 Å². The van der Waals surface area contributed by atoms with Crippen LogP contribution in [0.3, 0.4) is 0 Å². The van der Waals surface area contributed by atoms with Gasteiger partial charge in [-0.1, -0.05) is 37.6 Å². The third-order valence-electron chi connectivity index (χ3n) is 6.09. The monoisotopic (exact) mass is 404 g/mol. The molecule has 1 heterocycles. The second-order valence-corrected chi connectivity index (χ2v) is 8.15. The number of aryl methyl sites for hydroxylation is 1. The molecule has 0 N–H and O–H groups in total. The van der Waals surface area contributed by atoms with Crippen LogP contribution < -0.4 is 0 Å². The van der Waals surface area contributed by atoms with E-state index in [1.54, 1.807) is 18.2 Å². The van der Waals surface area contributed by atoms with Crippen LogP contribution in [0.25, 0.3) is 0 Å². The number of rotatable bonds is 7. The summed E-state index contributed by atoms with van der Waals surface area (Å²) in [6, 6.07) is 8.76. The molecule has 1 aliphatic carbocycles. The molecule has 0 amide bonds. The molecule has 2 nitrogen and oxygen atoms in total. The Labute approximate surface area is 170 Å². The predicted molar refractivity (Wildman–Crippen MR) is 105 cm³/mol. The molecule has 0 bridgehead atoms. The fourth-order valence-corrected chi connectivity index (χ4v) is 4.26. The molecule has 5 heteroatoms. The van der Waals surface area contributed by atoms with Gasteiger partial charge in [0.25, 0.3) is 0 Å². The van der Waals surface area contributed by atoms with Crippen LogP contribution in [0.5, 0.6) is 0 Å². The normalized spacial score (nSPS) is 23.9. The van der Waals surface area contributed by atoms with Crippen molar-refractivity contribution in [3.63, 3.8) is 0 Å². The van der Waals surface area contributed by atoms with E-state index < -0.39 is 11.6 Å². The third kappa shape index (κ3) is 4.67. The Bertz CT molecular complexity index is 855. The van der Waals surface area contributed by atoms with E-state index in [9.17, 15) is 13.2 Å². The zero-order valence-electron chi connectivity index (χ0n) is 16.7. The highest BCUT2D eigenvalue weighted by Gasteiger charge is 2.29. The molecule has 156 valence electrons. The van der Waals surface area contributed by atoms with Gasteiger partial charge in [0.2, 0.25) is 0 Å². The van der Waals surface area contributed by atoms with E-state index in [0.717, 1.165) is 37.7 Å². The van der Waals surface area contributed by atoms with Crippen LogP contribution in [0.4, 0.5) is 13.2 Å². The Morgan fingerprint density at radius 2 is 1.66 bits per heavy atom. The van der Waals surface area contributed by atoms with Gasteiger partial charge in [-0.2, -0.15) is 0 Å². The first kappa shape index (κ1) is 20.4. The molecule has 1 saturated heterocycles. The Morgan fingerprint density at radius 1 is 0.966 bits per heavy atom. The van der Waals surface area contributed by atoms with Crippen LogP contribution in [0.1, 0.15) is 73.3 Å². The van der Waals surface area contributed by atoms with Crippen molar-refractivity contribution < 1.29 is 22.6 Å². The molecular formula is C24H27F3O2.